The van der Waals surface area contributed by atoms with Gasteiger partial charge in [-0.1, -0.05) is 66.7 Å². The van der Waals surface area contributed by atoms with Crippen LogP contribution in [0.2, 0.25) is 0 Å². The van der Waals surface area contributed by atoms with E-state index in [0.29, 0.717) is 5.56 Å². The molecule has 0 bridgehead atoms. The topological polar surface area (TPSA) is 37.3 Å². The van der Waals surface area contributed by atoms with Gasteiger partial charge < -0.3 is 5.11 Å². The van der Waals surface area contributed by atoms with Crippen LogP contribution in [0.3, 0.4) is 0 Å². The number of carboxylic acid groups (broad SMARTS) is 1. The zero-order valence-corrected chi connectivity index (χ0v) is 12.3. The smallest absolute Gasteiger partial charge is 0.335 e. The molecule has 2 nitrogen and oxygen atoms in total. The van der Waals surface area contributed by atoms with Crippen molar-refractivity contribution in [1.29, 1.82) is 0 Å². The van der Waals surface area contributed by atoms with E-state index < -0.39 is 5.97 Å². The molecule has 22 heavy (non-hydrogen) atoms. The molecule has 0 radical (unpaired) electrons. The molecule has 3 aromatic carbocycles. The molecule has 0 aliphatic carbocycles. The lowest BCUT2D eigenvalue weighted by Crippen LogP contribution is -1.99. The lowest BCUT2D eigenvalue weighted by atomic mass is 9.97. The molecule has 2 heteroatoms. The molecule has 3 aromatic rings. The number of aromatic carboxylic acids is 1. The second kappa shape index (κ2) is 5.86. The van der Waals surface area contributed by atoms with Gasteiger partial charge in [-0.3, -0.25) is 0 Å². The van der Waals surface area contributed by atoms with Gasteiger partial charge >= 0.3 is 5.97 Å². The van der Waals surface area contributed by atoms with Gasteiger partial charge in [0.1, 0.15) is 0 Å². The van der Waals surface area contributed by atoms with E-state index in [4.69, 9.17) is 0 Å². The normalized spacial score (nSPS) is 10.4. The number of hydrogen-bond acceptors (Lipinski definition) is 1. The Balaban J connectivity index is 1.97. The van der Waals surface area contributed by atoms with Crippen LogP contribution in [0.1, 0.15) is 15.9 Å². The summed E-state index contributed by atoms with van der Waals surface area (Å²) in [5.74, 6) is -0.889. The van der Waals surface area contributed by atoms with Crippen molar-refractivity contribution in [3.05, 3.63) is 83.9 Å². The minimum atomic E-state index is -0.889. The molecular weight excluding hydrogens is 272 g/mol. The molecule has 0 saturated carbocycles. The van der Waals surface area contributed by atoms with Crippen LogP contribution >= 0.6 is 0 Å². The van der Waals surface area contributed by atoms with E-state index in [9.17, 15) is 9.90 Å². The number of rotatable bonds is 3. The molecule has 0 amide bonds. The summed E-state index contributed by atoms with van der Waals surface area (Å²) in [5.41, 5.74) is 5.38. The fourth-order valence-electron chi connectivity index (χ4n) is 2.52. The largest absolute Gasteiger partial charge is 0.478 e. The highest BCUT2D eigenvalue weighted by Gasteiger charge is 2.09. The minimum absolute atomic E-state index is 0.352. The van der Waals surface area contributed by atoms with E-state index in [-0.39, 0.29) is 0 Å². The molecular formula is C20H16O2. The maximum Gasteiger partial charge on any atom is 0.335 e. The van der Waals surface area contributed by atoms with Crippen molar-refractivity contribution in [2.75, 3.05) is 0 Å². The summed E-state index contributed by atoms with van der Waals surface area (Å²) in [6, 6.07) is 23.9. The van der Waals surface area contributed by atoms with E-state index in [1.807, 2.05) is 49.4 Å². The average molecular weight is 288 g/mol. The first-order valence-corrected chi connectivity index (χ1v) is 7.15. The second-order valence-corrected chi connectivity index (χ2v) is 5.28. The Morgan fingerprint density at radius 3 is 1.82 bits per heavy atom. The van der Waals surface area contributed by atoms with Gasteiger partial charge in [-0.25, -0.2) is 4.79 Å². The van der Waals surface area contributed by atoms with Crippen molar-refractivity contribution in [3.63, 3.8) is 0 Å². The van der Waals surface area contributed by atoms with Gasteiger partial charge in [-0.2, -0.15) is 0 Å². The average Bonchev–Trinajstić information content (AvgIpc) is 2.56. The number of benzene rings is 3. The second-order valence-electron chi connectivity index (χ2n) is 5.28. The molecule has 1 N–H and O–H groups in total. The van der Waals surface area contributed by atoms with Gasteiger partial charge in [-0.05, 0) is 40.8 Å². The Bertz CT molecular complexity index is 803. The molecule has 0 heterocycles. The summed E-state index contributed by atoms with van der Waals surface area (Å²) in [6.45, 7) is 1.81. The molecule has 108 valence electrons. The summed E-state index contributed by atoms with van der Waals surface area (Å²) in [5, 5.41) is 9.23. The Kier molecular flexibility index (Phi) is 3.75. The molecule has 0 aromatic heterocycles. The van der Waals surface area contributed by atoms with E-state index in [1.54, 1.807) is 6.07 Å². The molecule has 0 unspecified atom stereocenters. The minimum Gasteiger partial charge on any atom is -0.478 e. The molecule has 0 fully saturated rings. The van der Waals surface area contributed by atoms with Crippen molar-refractivity contribution >= 4 is 5.97 Å². The van der Waals surface area contributed by atoms with Crippen molar-refractivity contribution in [2.45, 2.75) is 6.92 Å². The van der Waals surface area contributed by atoms with Crippen molar-refractivity contribution in [2.24, 2.45) is 0 Å². The summed E-state index contributed by atoms with van der Waals surface area (Å²) < 4.78 is 0. The van der Waals surface area contributed by atoms with E-state index >= 15 is 0 Å². The van der Waals surface area contributed by atoms with Crippen LogP contribution in [0.25, 0.3) is 22.3 Å². The van der Waals surface area contributed by atoms with Crippen LogP contribution in [0.5, 0.6) is 0 Å². The van der Waals surface area contributed by atoms with Crippen LogP contribution in [0.4, 0.5) is 0 Å². The first-order chi connectivity index (χ1) is 10.6. The molecule has 0 atom stereocenters. The van der Waals surface area contributed by atoms with Gasteiger partial charge in [-0.15, -0.1) is 0 Å². The lowest BCUT2D eigenvalue weighted by molar-refractivity contribution is 0.0696. The fourth-order valence-corrected chi connectivity index (χ4v) is 2.52. The number of aryl methyl sites for hydroxylation is 1. The summed E-state index contributed by atoms with van der Waals surface area (Å²) in [6.07, 6.45) is 0. The fraction of sp³-hybridized carbons (Fsp3) is 0.0500. The van der Waals surface area contributed by atoms with Crippen LogP contribution < -0.4 is 0 Å². The van der Waals surface area contributed by atoms with Crippen molar-refractivity contribution < 1.29 is 9.90 Å². The first kappa shape index (κ1) is 14.1. The molecule has 0 saturated heterocycles. The Morgan fingerprint density at radius 1 is 0.727 bits per heavy atom. The Morgan fingerprint density at radius 2 is 1.23 bits per heavy atom. The highest BCUT2D eigenvalue weighted by molar-refractivity contribution is 5.91. The Hall–Kier alpha value is -2.87. The van der Waals surface area contributed by atoms with Gasteiger partial charge in [0.05, 0.1) is 5.56 Å². The van der Waals surface area contributed by atoms with Crippen molar-refractivity contribution in [1.82, 2.24) is 0 Å². The van der Waals surface area contributed by atoms with Crippen molar-refractivity contribution in [3.8, 4) is 22.3 Å². The standard InChI is InChI=1S/C20H16O2/c1-14-7-8-18(13-19(14)20(21)22)17-11-9-16(10-12-17)15-5-3-2-4-6-15/h2-13H,1H3,(H,21,22). The molecule has 3 rings (SSSR count). The predicted molar refractivity (Wildman–Crippen MR) is 89.0 cm³/mol. The van der Waals surface area contributed by atoms with Gasteiger partial charge in [0.25, 0.3) is 0 Å². The highest BCUT2D eigenvalue weighted by Crippen LogP contribution is 2.26. The summed E-state index contributed by atoms with van der Waals surface area (Å²) in [7, 11) is 0. The van der Waals surface area contributed by atoms with E-state index in [2.05, 4.69) is 24.3 Å². The monoisotopic (exact) mass is 288 g/mol. The quantitative estimate of drug-likeness (QED) is 0.734. The van der Waals surface area contributed by atoms with Crippen LogP contribution in [-0.2, 0) is 0 Å². The number of carboxylic acids is 1. The third-order valence-electron chi connectivity index (χ3n) is 3.79. The van der Waals surface area contributed by atoms with Gasteiger partial charge in [0, 0.05) is 0 Å². The van der Waals surface area contributed by atoms with Gasteiger partial charge in [0.15, 0.2) is 0 Å². The zero-order valence-electron chi connectivity index (χ0n) is 12.3. The third-order valence-corrected chi connectivity index (χ3v) is 3.79. The number of carbonyl (C=O) groups is 1. The third kappa shape index (κ3) is 2.77. The Labute approximate surface area is 129 Å². The maximum absolute atomic E-state index is 11.2. The highest BCUT2D eigenvalue weighted by atomic mass is 16.4. The lowest BCUT2D eigenvalue weighted by Gasteiger charge is -2.07. The zero-order chi connectivity index (χ0) is 15.5. The van der Waals surface area contributed by atoms with Crippen LogP contribution in [0.15, 0.2) is 72.8 Å². The first-order valence-electron chi connectivity index (χ1n) is 7.15. The maximum atomic E-state index is 11.2. The summed E-state index contributed by atoms with van der Waals surface area (Å²) in [4.78, 5) is 11.2. The molecule has 0 aliphatic rings. The van der Waals surface area contributed by atoms with E-state index in [0.717, 1.165) is 22.3 Å². The number of hydrogen-bond donors (Lipinski definition) is 1. The van der Waals surface area contributed by atoms with E-state index in [1.165, 1.54) is 5.56 Å². The van der Waals surface area contributed by atoms with Crippen LogP contribution in [-0.4, -0.2) is 11.1 Å². The van der Waals surface area contributed by atoms with Gasteiger partial charge in [0.2, 0.25) is 0 Å². The SMILES string of the molecule is Cc1ccc(-c2ccc(-c3ccccc3)cc2)cc1C(=O)O. The molecule has 0 spiro atoms. The summed E-state index contributed by atoms with van der Waals surface area (Å²) >= 11 is 0. The molecule has 0 aliphatic heterocycles. The predicted octanol–water partition coefficient (Wildman–Crippen LogP) is 5.03. The van der Waals surface area contributed by atoms with Crippen LogP contribution in [0, 0.1) is 6.92 Å².